The van der Waals surface area contributed by atoms with Crippen LogP contribution in [0.5, 0.6) is 5.75 Å². The normalized spacial score (nSPS) is 18.5. The molecule has 0 bridgehead atoms. The van der Waals surface area contributed by atoms with Gasteiger partial charge < -0.3 is 4.74 Å². The molecule has 1 aliphatic rings. The van der Waals surface area contributed by atoms with E-state index in [1.165, 1.54) is 0 Å². The van der Waals surface area contributed by atoms with E-state index < -0.39 is 10.0 Å². The number of benzene rings is 2. The topological polar surface area (TPSA) is 46.6 Å². The lowest BCUT2D eigenvalue weighted by molar-refractivity contribution is 0.359. The summed E-state index contributed by atoms with van der Waals surface area (Å²) in [5.41, 5.74) is 1.97. The van der Waals surface area contributed by atoms with Crippen LogP contribution in [0.1, 0.15) is 23.6 Å². The standard InChI is InChI=1S/C19H21NO3S/c1-15-6-12-18(13-7-15)24(21,22)20-14-4-3-5-19(20)16-8-10-17(23-2)11-9-16/h3,5-13,19H,4,14H2,1-2H3/t19-/m0/s1. The average Bonchev–Trinajstić information content (AvgIpc) is 2.62. The molecule has 0 aromatic heterocycles. The number of hydrogen-bond donors (Lipinski definition) is 0. The van der Waals surface area contributed by atoms with E-state index in [-0.39, 0.29) is 6.04 Å². The van der Waals surface area contributed by atoms with Crippen molar-refractivity contribution in [3.63, 3.8) is 0 Å². The lowest BCUT2D eigenvalue weighted by atomic mass is 10.0. The summed E-state index contributed by atoms with van der Waals surface area (Å²) < 4.78 is 32.9. The van der Waals surface area contributed by atoms with Crippen LogP contribution in [-0.4, -0.2) is 26.4 Å². The molecule has 0 aliphatic carbocycles. The second-order valence-electron chi connectivity index (χ2n) is 5.86. The first-order valence-corrected chi connectivity index (χ1v) is 9.35. The number of ether oxygens (including phenoxy) is 1. The van der Waals surface area contributed by atoms with E-state index in [0.29, 0.717) is 11.4 Å². The summed E-state index contributed by atoms with van der Waals surface area (Å²) in [7, 11) is -1.93. The third-order valence-corrected chi connectivity index (χ3v) is 6.12. The third-order valence-electron chi connectivity index (χ3n) is 4.23. The molecule has 0 fully saturated rings. The first kappa shape index (κ1) is 16.7. The van der Waals surface area contributed by atoms with Crippen LogP contribution < -0.4 is 4.74 Å². The Bertz CT molecular complexity index is 824. The molecule has 0 radical (unpaired) electrons. The Morgan fingerprint density at radius 2 is 1.71 bits per heavy atom. The highest BCUT2D eigenvalue weighted by atomic mass is 32.2. The SMILES string of the molecule is COc1ccc([C@@H]2C=CCCN2S(=O)(=O)c2ccc(C)cc2)cc1. The minimum Gasteiger partial charge on any atom is -0.497 e. The minimum absolute atomic E-state index is 0.295. The zero-order chi connectivity index (χ0) is 17.2. The van der Waals surface area contributed by atoms with E-state index in [9.17, 15) is 8.42 Å². The molecule has 0 saturated heterocycles. The zero-order valence-electron chi connectivity index (χ0n) is 13.8. The van der Waals surface area contributed by atoms with E-state index in [2.05, 4.69) is 0 Å². The summed E-state index contributed by atoms with van der Waals surface area (Å²) in [4.78, 5) is 0.335. The maximum atomic E-state index is 13.1. The Hall–Kier alpha value is -2.11. The maximum absolute atomic E-state index is 13.1. The molecule has 2 aromatic carbocycles. The second kappa shape index (κ2) is 6.79. The number of hydrogen-bond acceptors (Lipinski definition) is 3. The Morgan fingerprint density at radius 1 is 1.04 bits per heavy atom. The molecule has 5 heteroatoms. The van der Waals surface area contributed by atoms with Crippen molar-refractivity contribution in [3.8, 4) is 5.75 Å². The maximum Gasteiger partial charge on any atom is 0.243 e. The van der Waals surface area contributed by atoms with Crippen molar-refractivity contribution in [2.75, 3.05) is 13.7 Å². The highest BCUT2D eigenvalue weighted by Gasteiger charge is 2.32. The molecule has 0 spiro atoms. The minimum atomic E-state index is -3.54. The molecule has 0 N–H and O–H groups in total. The van der Waals surface area contributed by atoms with Crippen LogP contribution >= 0.6 is 0 Å². The van der Waals surface area contributed by atoms with Crippen molar-refractivity contribution in [2.45, 2.75) is 24.3 Å². The Morgan fingerprint density at radius 3 is 2.33 bits per heavy atom. The van der Waals surface area contributed by atoms with Crippen LogP contribution in [0.2, 0.25) is 0 Å². The van der Waals surface area contributed by atoms with E-state index in [1.54, 1.807) is 23.5 Å². The van der Waals surface area contributed by atoms with E-state index in [1.807, 2.05) is 55.5 Å². The molecule has 1 heterocycles. The van der Waals surface area contributed by atoms with Gasteiger partial charge >= 0.3 is 0 Å². The summed E-state index contributed by atoms with van der Waals surface area (Å²) >= 11 is 0. The Labute approximate surface area is 143 Å². The lowest BCUT2D eigenvalue weighted by Crippen LogP contribution is -2.36. The predicted molar refractivity (Wildman–Crippen MR) is 94.6 cm³/mol. The van der Waals surface area contributed by atoms with Gasteiger partial charge in [0.15, 0.2) is 0 Å². The molecule has 0 saturated carbocycles. The molecule has 0 amide bonds. The molecule has 0 unspecified atom stereocenters. The van der Waals surface area contributed by atoms with Gasteiger partial charge in [-0.25, -0.2) is 8.42 Å². The number of nitrogens with zero attached hydrogens (tertiary/aromatic N) is 1. The highest BCUT2D eigenvalue weighted by Crippen LogP contribution is 2.32. The molecular formula is C19H21NO3S. The molecular weight excluding hydrogens is 322 g/mol. The van der Waals surface area contributed by atoms with Crippen LogP contribution in [0.25, 0.3) is 0 Å². The number of aryl methyl sites for hydroxylation is 1. The van der Waals surface area contributed by atoms with Gasteiger partial charge in [0.25, 0.3) is 0 Å². The summed E-state index contributed by atoms with van der Waals surface area (Å²) in [6.07, 6.45) is 4.71. The van der Waals surface area contributed by atoms with Crippen LogP contribution in [-0.2, 0) is 10.0 Å². The number of rotatable bonds is 4. The van der Waals surface area contributed by atoms with Crippen molar-refractivity contribution in [1.29, 1.82) is 0 Å². The Balaban J connectivity index is 1.97. The van der Waals surface area contributed by atoms with Crippen molar-refractivity contribution in [3.05, 3.63) is 71.8 Å². The first-order chi connectivity index (χ1) is 11.5. The smallest absolute Gasteiger partial charge is 0.243 e. The van der Waals surface area contributed by atoms with Gasteiger partial charge in [0.1, 0.15) is 5.75 Å². The number of methoxy groups -OCH3 is 1. The molecule has 2 aromatic rings. The molecule has 3 rings (SSSR count). The summed E-state index contributed by atoms with van der Waals surface area (Å²) in [5, 5.41) is 0. The van der Waals surface area contributed by atoms with Crippen molar-refractivity contribution in [1.82, 2.24) is 4.31 Å². The zero-order valence-corrected chi connectivity index (χ0v) is 14.7. The van der Waals surface area contributed by atoms with Gasteiger partial charge in [-0.2, -0.15) is 4.31 Å². The van der Waals surface area contributed by atoms with Gasteiger partial charge in [0.05, 0.1) is 18.0 Å². The van der Waals surface area contributed by atoms with Crippen LogP contribution in [0.4, 0.5) is 0 Å². The van der Waals surface area contributed by atoms with Crippen LogP contribution in [0.15, 0.2) is 65.6 Å². The summed E-state index contributed by atoms with van der Waals surface area (Å²) in [6, 6.07) is 14.2. The molecule has 4 nitrogen and oxygen atoms in total. The van der Waals surface area contributed by atoms with E-state index >= 15 is 0 Å². The van der Waals surface area contributed by atoms with Crippen molar-refractivity contribution >= 4 is 10.0 Å². The average molecular weight is 343 g/mol. The van der Waals surface area contributed by atoms with Crippen LogP contribution in [0.3, 0.4) is 0 Å². The van der Waals surface area contributed by atoms with E-state index in [0.717, 1.165) is 23.3 Å². The Kier molecular flexibility index (Phi) is 4.73. The fourth-order valence-corrected chi connectivity index (χ4v) is 4.44. The largest absolute Gasteiger partial charge is 0.497 e. The molecule has 1 aliphatic heterocycles. The molecule has 24 heavy (non-hydrogen) atoms. The first-order valence-electron chi connectivity index (χ1n) is 7.91. The van der Waals surface area contributed by atoms with Gasteiger partial charge in [-0.05, 0) is 43.2 Å². The number of sulfonamides is 1. The third kappa shape index (κ3) is 3.23. The summed E-state index contributed by atoms with van der Waals surface area (Å²) in [5.74, 6) is 0.756. The van der Waals surface area contributed by atoms with Crippen molar-refractivity contribution < 1.29 is 13.2 Å². The van der Waals surface area contributed by atoms with Gasteiger partial charge in [0, 0.05) is 6.54 Å². The predicted octanol–water partition coefficient (Wildman–Crippen LogP) is 3.70. The van der Waals surface area contributed by atoms with Crippen LogP contribution in [0, 0.1) is 6.92 Å². The fraction of sp³-hybridized carbons (Fsp3) is 0.263. The van der Waals surface area contributed by atoms with Gasteiger partial charge in [-0.1, -0.05) is 42.0 Å². The van der Waals surface area contributed by atoms with Gasteiger partial charge in [-0.15, -0.1) is 0 Å². The van der Waals surface area contributed by atoms with Gasteiger partial charge in [-0.3, -0.25) is 0 Å². The lowest BCUT2D eigenvalue weighted by Gasteiger charge is -2.31. The molecule has 1 atom stereocenters. The monoisotopic (exact) mass is 343 g/mol. The summed E-state index contributed by atoms with van der Waals surface area (Å²) in [6.45, 7) is 2.42. The quantitative estimate of drug-likeness (QED) is 0.795. The highest BCUT2D eigenvalue weighted by molar-refractivity contribution is 7.89. The van der Waals surface area contributed by atoms with Crippen molar-refractivity contribution in [2.24, 2.45) is 0 Å². The van der Waals surface area contributed by atoms with Gasteiger partial charge in [0.2, 0.25) is 10.0 Å². The fourth-order valence-electron chi connectivity index (χ4n) is 2.86. The second-order valence-corrected chi connectivity index (χ2v) is 7.75. The van der Waals surface area contributed by atoms with E-state index in [4.69, 9.17) is 4.74 Å². The molecule has 126 valence electrons.